The first-order valence-corrected chi connectivity index (χ1v) is 12.0. The van der Waals surface area contributed by atoms with Crippen LogP contribution in [0.4, 0.5) is 15.2 Å². The molecule has 3 N–H and O–H groups in total. The van der Waals surface area contributed by atoms with Gasteiger partial charge in [-0.3, -0.25) is 0 Å². The minimum Gasteiger partial charge on any atom is -0.396 e. The van der Waals surface area contributed by atoms with Crippen molar-refractivity contribution in [3.05, 3.63) is 35.9 Å². The number of aryl methyl sites for hydroxylation is 1. The van der Waals surface area contributed by atoms with Crippen molar-refractivity contribution in [2.24, 2.45) is 0 Å². The smallest absolute Gasteiger partial charge is 0.186 e. The highest BCUT2D eigenvalue weighted by Crippen LogP contribution is 2.38. The van der Waals surface area contributed by atoms with E-state index in [1.807, 2.05) is 19.2 Å². The fraction of sp³-hybridized carbons (Fsp3) is 0.458. The Bertz CT molecular complexity index is 1350. The molecule has 0 atom stereocenters. The van der Waals surface area contributed by atoms with E-state index in [0.29, 0.717) is 34.2 Å². The highest BCUT2D eigenvalue weighted by Gasteiger charge is 2.39. The number of nitrogens with zero attached hydrogens (tertiary/aromatic N) is 5. The molecule has 1 saturated heterocycles. The van der Waals surface area contributed by atoms with E-state index in [-0.39, 0.29) is 16.9 Å². The first-order valence-electron chi connectivity index (χ1n) is 11.2. The number of benzene rings is 1. The maximum absolute atomic E-state index is 15.2. The Morgan fingerprint density at radius 3 is 2.55 bits per heavy atom. The van der Waals surface area contributed by atoms with Crippen LogP contribution in [0.3, 0.4) is 0 Å². The average molecular weight is 468 g/mol. The van der Waals surface area contributed by atoms with Crippen molar-refractivity contribution in [2.45, 2.75) is 64.6 Å². The van der Waals surface area contributed by atoms with Crippen LogP contribution in [-0.4, -0.2) is 43.7 Å². The van der Waals surface area contributed by atoms with Gasteiger partial charge < -0.3 is 16.0 Å². The lowest BCUT2D eigenvalue weighted by Gasteiger charge is -2.48. The molecule has 1 aliphatic heterocycles. The first-order chi connectivity index (χ1) is 15.4. The van der Waals surface area contributed by atoms with Crippen LogP contribution in [0, 0.1) is 12.7 Å². The predicted molar refractivity (Wildman–Crippen MR) is 133 cm³/mol. The van der Waals surface area contributed by atoms with Gasteiger partial charge in [0.05, 0.1) is 28.0 Å². The van der Waals surface area contributed by atoms with Crippen LogP contribution in [0.25, 0.3) is 27.1 Å². The Labute approximate surface area is 196 Å². The van der Waals surface area contributed by atoms with Gasteiger partial charge in [-0.25, -0.2) is 18.9 Å². The third kappa shape index (κ3) is 4.04. The zero-order valence-corrected chi connectivity index (χ0v) is 20.7. The lowest BCUT2D eigenvalue weighted by Crippen LogP contribution is -2.61. The van der Waals surface area contributed by atoms with E-state index in [0.717, 1.165) is 28.4 Å². The minimum atomic E-state index is -0.355. The minimum absolute atomic E-state index is 0.0195. The summed E-state index contributed by atoms with van der Waals surface area (Å²) in [6, 6.07) is 5.49. The molecular formula is C24H30FN7S. The summed E-state index contributed by atoms with van der Waals surface area (Å²) < 4.78 is 17.6. The maximum atomic E-state index is 15.2. The normalized spacial score (nSPS) is 18.3. The number of fused-ring (bicyclic) bond motifs is 2. The van der Waals surface area contributed by atoms with Gasteiger partial charge in [-0.15, -0.1) is 0 Å². The number of hydrogen-bond acceptors (Lipinski definition) is 7. The van der Waals surface area contributed by atoms with Crippen molar-refractivity contribution < 1.29 is 4.39 Å². The second-order valence-electron chi connectivity index (χ2n) is 10.5. The summed E-state index contributed by atoms with van der Waals surface area (Å²) in [4.78, 5) is 11.3. The number of nitrogens with one attached hydrogen (secondary N) is 1. The fourth-order valence-corrected chi connectivity index (χ4v) is 6.28. The topological polar surface area (TPSA) is 84.4 Å². The average Bonchev–Trinajstić information content (AvgIpc) is 3.28. The van der Waals surface area contributed by atoms with E-state index in [9.17, 15) is 0 Å². The summed E-state index contributed by atoms with van der Waals surface area (Å²) in [5.74, 6) is -0.355. The van der Waals surface area contributed by atoms with Crippen LogP contribution >= 0.6 is 11.3 Å². The summed E-state index contributed by atoms with van der Waals surface area (Å²) in [5.41, 5.74) is 9.83. The highest BCUT2D eigenvalue weighted by atomic mass is 32.1. The zero-order valence-electron chi connectivity index (χ0n) is 19.9. The molecule has 0 bridgehead atoms. The zero-order chi connectivity index (χ0) is 23.7. The molecule has 5 rings (SSSR count). The standard InChI is InChI=1S/C24H30FN7S/c1-13-12-32-21(27-13)17(26)9-18(29-32)14-7-16(25)20-19(8-14)33-22(28-20)31(6)15-10-23(2,3)30-24(4,5)11-15/h7-9,12,15,30H,10-11,26H2,1-6H3. The molecule has 7 nitrogen and oxygen atoms in total. The molecule has 3 aromatic heterocycles. The van der Waals surface area contributed by atoms with Gasteiger partial charge >= 0.3 is 0 Å². The van der Waals surface area contributed by atoms with Crippen molar-refractivity contribution in [3.8, 4) is 11.3 Å². The molecule has 1 aromatic carbocycles. The molecule has 0 radical (unpaired) electrons. The van der Waals surface area contributed by atoms with E-state index in [4.69, 9.17) is 5.73 Å². The van der Waals surface area contributed by atoms with Gasteiger partial charge in [0.25, 0.3) is 0 Å². The van der Waals surface area contributed by atoms with Crippen LogP contribution in [0.5, 0.6) is 0 Å². The Morgan fingerprint density at radius 1 is 1.15 bits per heavy atom. The molecule has 0 spiro atoms. The lowest BCUT2D eigenvalue weighted by atomic mass is 9.79. The van der Waals surface area contributed by atoms with Crippen LogP contribution < -0.4 is 16.0 Å². The number of anilines is 2. The number of nitrogens with two attached hydrogens (primary N) is 1. The third-order valence-corrected chi connectivity index (χ3v) is 7.42. The molecule has 0 unspecified atom stereocenters. The van der Waals surface area contributed by atoms with E-state index in [2.05, 4.69) is 60.0 Å². The number of halogens is 1. The van der Waals surface area contributed by atoms with Crippen molar-refractivity contribution >= 4 is 38.0 Å². The summed E-state index contributed by atoms with van der Waals surface area (Å²) in [7, 11) is 2.07. The van der Waals surface area contributed by atoms with Crippen molar-refractivity contribution in [2.75, 3.05) is 17.7 Å². The monoisotopic (exact) mass is 467 g/mol. The van der Waals surface area contributed by atoms with E-state index in [1.165, 1.54) is 17.4 Å². The molecule has 174 valence electrons. The van der Waals surface area contributed by atoms with Crippen LogP contribution in [0.1, 0.15) is 46.2 Å². The number of nitrogen functional groups attached to an aromatic ring is 1. The maximum Gasteiger partial charge on any atom is 0.186 e. The van der Waals surface area contributed by atoms with E-state index in [1.54, 1.807) is 10.6 Å². The van der Waals surface area contributed by atoms with Crippen molar-refractivity contribution in [1.29, 1.82) is 0 Å². The van der Waals surface area contributed by atoms with Crippen LogP contribution in [0.15, 0.2) is 24.4 Å². The molecule has 4 aromatic rings. The molecule has 1 fully saturated rings. The van der Waals surface area contributed by atoms with Gasteiger partial charge in [-0.05, 0) is 65.7 Å². The van der Waals surface area contributed by atoms with Gasteiger partial charge in [0, 0.05) is 29.7 Å². The lowest BCUT2D eigenvalue weighted by molar-refractivity contribution is 0.161. The summed E-state index contributed by atoms with van der Waals surface area (Å²) in [6.45, 7) is 10.8. The van der Waals surface area contributed by atoms with Crippen molar-refractivity contribution in [1.82, 2.24) is 24.9 Å². The molecular weight excluding hydrogens is 437 g/mol. The van der Waals surface area contributed by atoms with Crippen LogP contribution in [0.2, 0.25) is 0 Å². The number of piperidine rings is 1. The van der Waals surface area contributed by atoms with Crippen LogP contribution in [-0.2, 0) is 0 Å². The highest BCUT2D eigenvalue weighted by molar-refractivity contribution is 7.22. The van der Waals surface area contributed by atoms with Gasteiger partial charge in [-0.1, -0.05) is 11.3 Å². The fourth-order valence-electron chi connectivity index (χ4n) is 5.23. The molecule has 0 amide bonds. The van der Waals surface area contributed by atoms with Gasteiger partial charge in [-0.2, -0.15) is 5.10 Å². The molecule has 0 aliphatic carbocycles. The summed E-state index contributed by atoms with van der Waals surface area (Å²) >= 11 is 1.51. The molecule has 9 heteroatoms. The SMILES string of the molecule is Cc1cn2nc(-c3cc(F)c4nc(N(C)C5CC(C)(C)NC(C)(C)C5)sc4c3)cc(N)c2n1. The Kier molecular flexibility index (Phi) is 4.92. The Balaban J connectivity index is 1.52. The summed E-state index contributed by atoms with van der Waals surface area (Å²) in [6.07, 6.45) is 3.79. The molecule has 1 aliphatic rings. The number of hydrogen-bond donors (Lipinski definition) is 2. The predicted octanol–water partition coefficient (Wildman–Crippen LogP) is 4.78. The number of rotatable bonds is 3. The number of aromatic nitrogens is 4. The Hall–Kier alpha value is -2.78. The second kappa shape index (κ2) is 7.36. The van der Waals surface area contributed by atoms with E-state index >= 15 is 4.39 Å². The molecule has 4 heterocycles. The van der Waals surface area contributed by atoms with Gasteiger partial charge in [0.2, 0.25) is 0 Å². The largest absolute Gasteiger partial charge is 0.396 e. The second-order valence-corrected chi connectivity index (χ2v) is 11.5. The first kappa shape index (κ1) is 22.0. The molecule has 33 heavy (non-hydrogen) atoms. The molecule has 0 saturated carbocycles. The van der Waals surface area contributed by atoms with Gasteiger partial charge in [0.1, 0.15) is 5.52 Å². The summed E-state index contributed by atoms with van der Waals surface area (Å²) in [5, 5.41) is 9.14. The third-order valence-electron chi connectivity index (χ3n) is 6.33. The van der Waals surface area contributed by atoms with Gasteiger partial charge in [0.15, 0.2) is 16.6 Å². The van der Waals surface area contributed by atoms with E-state index < -0.39 is 0 Å². The number of imidazole rings is 1. The quantitative estimate of drug-likeness (QED) is 0.451. The Morgan fingerprint density at radius 2 is 1.85 bits per heavy atom. The number of thiazole rings is 1. The van der Waals surface area contributed by atoms with Crippen molar-refractivity contribution in [3.63, 3.8) is 0 Å².